The molecule has 0 atom stereocenters. The monoisotopic (exact) mass is 173 g/mol. The highest BCUT2D eigenvalue weighted by atomic mass is 16.2. The van der Waals surface area contributed by atoms with Crippen LogP contribution < -0.4 is 10.2 Å². The Morgan fingerprint density at radius 1 is 1.46 bits per heavy atom. The molecule has 0 bridgehead atoms. The van der Waals surface area contributed by atoms with Crippen LogP contribution in [0.1, 0.15) is 0 Å². The predicted octanol–water partition coefficient (Wildman–Crippen LogP) is 0.926. The molecule has 1 heterocycles. The molecule has 1 N–H and O–H groups in total. The van der Waals surface area contributed by atoms with Crippen molar-refractivity contribution in [3.05, 3.63) is 24.3 Å². The van der Waals surface area contributed by atoms with Crippen LogP contribution in [-0.4, -0.2) is 12.5 Å². The zero-order valence-corrected chi connectivity index (χ0v) is 6.82. The summed E-state index contributed by atoms with van der Waals surface area (Å²) in [5, 5.41) is 11.7. The minimum atomic E-state index is -0.221. The lowest BCUT2D eigenvalue weighted by atomic mass is 10.2. The molecule has 1 aliphatic rings. The summed E-state index contributed by atoms with van der Waals surface area (Å²) >= 11 is 0. The number of benzene rings is 1. The molecular weight excluding hydrogens is 166 g/mol. The molecule has 1 amide bonds. The van der Waals surface area contributed by atoms with Crippen LogP contribution in [0.2, 0.25) is 0 Å². The number of amides is 1. The lowest BCUT2D eigenvalue weighted by Crippen LogP contribution is -2.36. The molecule has 1 aromatic carbocycles. The number of fused-ring (bicyclic) bond motifs is 1. The van der Waals surface area contributed by atoms with E-state index in [0.29, 0.717) is 5.69 Å². The third kappa shape index (κ3) is 1.11. The summed E-state index contributed by atoms with van der Waals surface area (Å²) < 4.78 is 0. The van der Waals surface area contributed by atoms with Crippen molar-refractivity contribution in [3.8, 4) is 6.19 Å². The van der Waals surface area contributed by atoms with E-state index in [0.717, 1.165) is 10.6 Å². The number of hydrogen-bond acceptors (Lipinski definition) is 3. The van der Waals surface area contributed by atoms with Crippen molar-refractivity contribution < 1.29 is 4.79 Å². The highest BCUT2D eigenvalue weighted by Crippen LogP contribution is 2.27. The van der Waals surface area contributed by atoms with Gasteiger partial charge in [-0.2, -0.15) is 5.26 Å². The lowest BCUT2D eigenvalue weighted by molar-refractivity contribution is -0.116. The maximum Gasteiger partial charge on any atom is 0.259 e. The molecule has 4 nitrogen and oxygen atoms in total. The Morgan fingerprint density at radius 2 is 2.23 bits per heavy atom. The number of carbonyl (C=O) groups excluding carboxylic acids is 1. The molecular formula is C9H7N3O. The van der Waals surface area contributed by atoms with E-state index in [4.69, 9.17) is 5.26 Å². The molecule has 4 heteroatoms. The SMILES string of the molecule is N#CN1C(=O)CNc2ccccc21. The van der Waals surface area contributed by atoms with Gasteiger partial charge in [-0.25, -0.2) is 4.90 Å². The van der Waals surface area contributed by atoms with Crippen LogP contribution in [0.3, 0.4) is 0 Å². The van der Waals surface area contributed by atoms with E-state index in [1.165, 1.54) is 0 Å². The third-order valence-corrected chi connectivity index (χ3v) is 1.92. The molecule has 0 saturated carbocycles. The van der Waals surface area contributed by atoms with Crippen LogP contribution in [0.25, 0.3) is 0 Å². The number of nitriles is 1. The second kappa shape index (κ2) is 2.79. The second-order valence-electron chi connectivity index (χ2n) is 2.70. The van der Waals surface area contributed by atoms with Gasteiger partial charge >= 0.3 is 0 Å². The largest absolute Gasteiger partial charge is 0.374 e. The van der Waals surface area contributed by atoms with Gasteiger partial charge in [-0.1, -0.05) is 12.1 Å². The fourth-order valence-corrected chi connectivity index (χ4v) is 1.31. The molecule has 1 aromatic rings. The number of nitrogens with one attached hydrogen (secondary N) is 1. The summed E-state index contributed by atoms with van der Waals surface area (Å²) in [6.45, 7) is 0.185. The van der Waals surface area contributed by atoms with E-state index in [2.05, 4.69) is 5.32 Å². The van der Waals surface area contributed by atoms with E-state index < -0.39 is 0 Å². The number of rotatable bonds is 0. The first-order valence-corrected chi connectivity index (χ1v) is 3.88. The lowest BCUT2D eigenvalue weighted by Gasteiger charge is -2.23. The Bertz CT molecular complexity index is 394. The Labute approximate surface area is 75.4 Å². The zero-order chi connectivity index (χ0) is 9.26. The molecule has 1 aliphatic heterocycles. The van der Waals surface area contributed by atoms with Crippen LogP contribution in [0.15, 0.2) is 24.3 Å². The summed E-state index contributed by atoms with van der Waals surface area (Å²) in [5.41, 5.74) is 1.45. The topological polar surface area (TPSA) is 56.1 Å². The molecule has 0 saturated heterocycles. The molecule has 64 valence electrons. The van der Waals surface area contributed by atoms with E-state index in [-0.39, 0.29) is 12.5 Å². The van der Waals surface area contributed by atoms with Gasteiger partial charge in [0.2, 0.25) is 0 Å². The van der Waals surface area contributed by atoms with Gasteiger partial charge in [0.1, 0.15) is 0 Å². The highest BCUT2D eigenvalue weighted by molar-refractivity contribution is 6.04. The van der Waals surface area contributed by atoms with Crippen molar-refractivity contribution in [2.75, 3.05) is 16.8 Å². The minimum absolute atomic E-state index is 0.185. The predicted molar refractivity (Wildman–Crippen MR) is 48.0 cm³/mol. The Morgan fingerprint density at radius 3 is 3.00 bits per heavy atom. The Hall–Kier alpha value is -2.02. The maximum absolute atomic E-state index is 11.2. The zero-order valence-electron chi connectivity index (χ0n) is 6.82. The first kappa shape index (κ1) is 7.62. The van der Waals surface area contributed by atoms with Gasteiger partial charge in [-0.15, -0.1) is 0 Å². The summed E-state index contributed by atoms with van der Waals surface area (Å²) in [5.74, 6) is -0.221. The summed E-state index contributed by atoms with van der Waals surface area (Å²) in [4.78, 5) is 12.3. The van der Waals surface area contributed by atoms with Gasteiger partial charge in [0.15, 0.2) is 6.19 Å². The number of para-hydroxylation sites is 2. The molecule has 0 aliphatic carbocycles. The number of anilines is 2. The summed E-state index contributed by atoms with van der Waals surface area (Å²) in [6, 6.07) is 7.23. The van der Waals surface area contributed by atoms with Crippen molar-refractivity contribution in [1.82, 2.24) is 0 Å². The van der Waals surface area contributed by atoms with Crippen LogP contribution >= 0.6 is 0 Å². The van der Waals surface area contributed by atoms with E-state index in [1.807, 2.05) is 18.3 Å². The van der Waals surface area contributed by atoms with Gasteiger partial charge in [0.25, 0.3) is 5.91 Å². The van der Waals surface area contributed by atoms with Crippen LogP contribution in [0.5, 0.6) is 0 Å². The molecule has 0 radical (unpaired) electrons. The Kier molecular flexibility index (Phi) is 1.64. The fourth-order valence-electron chi connectivity index (χ4n) is 1.31. The van der Waals surface area contributed by atoms with Gasteiger partial charge in [-0.3, -0.25) is 4.79 Å². The average Bonchev–Trinajstić information content (AvgIpc) is 2.18. The normalized spacial score (nSPS) is 14.4. The van der Waals surface area contributed by atoms with Crippen molar-refractivity contribution in [1.29, 1.82) is 5.26 Å². The fraction of sp³-hybridized carbons (Fsp3) is 0.111. The third-order valence-electron chi connectivity index (χ3n) is 1.92. The molecule has 0 aromatic heterocycles. The first-order valence-electron chi connectivity index (χ1n) is 3.88. The minimum Gasteiger partial charge on any atom is -0.374 e. The van der Waals surface area contributed by atoms with Crippen molar-refractivity contribution in [2.45, 2.75) is 0 Å². The van der Waals surface area contributed by atoms with Crippen LogP contribution in [0, 0.1) is 11.5 Å². The van der Waals surface area contributed by atoms with Crippen molar-refractivity contribution in [3.63, 3.8) is 0 Å². The van der Waals surface area contributed by atoms with E-state index >= 15 is 0 Å². The quantitative estimate of drug-likeness (QED) is 0.593. The highest BCUT2D eigenvalue weighted by Gasteiger charge is 2.22. The standard InChI is InChI=1S/C9H7N3O/c10-6-12-8-4-2-1-3-7(8)11-5-9(12)13/h1-4,11H,5H2. The number of hydrogen-bond donors (Lipinski definition) is 1. The van der Waals surface area contributed by atoms with Crippen molar-refractivity contribution in [2.24, 2.45) is 0 Å². The first-order chi connectivity index (χ1) is 6.33. The average molecular weight is 173 g/mol. The summed E-state index contributed by atoms with van der Waals surface area (Å²) in [6.07, 6.45) is 1.85. The van der Waals surface area contributed by atoms with Crippen LogP contribution in [-0.2, 0) is 4.79 Å². The van der Waals surface area contributed by atoms with E-state index in [1.54, 1.807) is 12.1 Å². The van der Waals surface area contributed by atoms with E-state index in [9.17, 15) is 4.79 Å². The van der Waals surface area contributed by atoms with Gasteiger partial charge in [0, 0.05) is 0 Å². The summed E-state index contributed by atoms with van der Waals surface area (Å²) in [7, 11) is 0. The molecule has 0 unspecified atom stereocenters. The van der Waals surface area contributed by atoms with Crippen molar-refractivity contribution >= 4 is 17.3 Å². The Balaban J connectivity index is 2.53. The second-order valence-corrected chi connectivity index (χ2v) is 2.70. The molecule has 2 rings (SSSR count). The maximum atomic E-state index is 11.2. The van der Waals surface area contributed by atoms with Gasteiger partial charge < -0.3 is 5.32 Å². The smallest absolute Gasteiger partial charge is 0.259 e. The van der Waals surface area contributed by atoms with Crippen LogP contribution in [0.4, 0.5) is 11.4 Å². The van der Waals surface area contributed by atoms with Gasteiger partial charge in [0.05, 0.1) is 17.9 Å². The molecule has 0 spiro atoms. The number of nitrogens with zero attached hydrogens (tertiary/aromatic N) is 2. The molecule has 13 heavy (non-hydrogen) atoms. The van der Waals surface area contributed by atoms with Gasteiger partial charge in [-0.05, 0) is 12.1 Å². The molecule has 0 fully saturated rings. The number of carbonyl (C=O) groups is 1.